The van der Waals surface area contributed by atoms with E-state index in [1.165, 1.54) is 5.56 Å². The Balaban J connectivity index is 2.26. The van der Waals surface area contributed by atoms with Crippen LogP contribution in [0.1, 0.15) is 36.8 Å². The Labute approximate surface area is 124 Å². The second-order valence-electron chi connectivity index (χ2n) is 5.50. The van der Waals surface area contributed by atoms with Gasteiger partial charge < -0.3 is 10.4 Å². The Hall–Kier alpha value is -2.10. The second-order valence-corrected chi connectivity index (χ2v) is 5.50. The first-order valence-electron chi connectivity index (χ1n) is 7.36. The lowest BCUT2D eigenvalue weighted by molar-refractivity contribution is -0.141. The number of aliphatic carboxylic acids is 1. The Bertz CT molecular complexity index is 551. The minimum atomic E-state index is -1.01. The zero-order valence-electron chi connectivity index (χ0n) is 12.1. The number of carbonyl (C=O) groups excluding carboxylic acids is 1. The number of aryl methyl sites for hydroxylation is 1. The van der Waals surface area contributed by atoms with E-state index in [9.17, 15) is 14.7 Å². The first kappa shape index (κ1) is 15.3. The highest BCUT2D eigenvalue weighted by molar-refractivity contribution is 5.95. The molecule has 1 unspecified atom stereocenters. The highest BCUT2D eigenvalue weighted by atomic mass is 16.4. The van der Waals surface area contributed by atoms with E-state index in [-0.39, 0.29) is 5.91 Å². The van der Waals surface area contributed by atoms with Crippen molar-refractivity contribution in [2.75, 3.05) is 0 Å². The molecule has 0 fully saturated rings. The normalized spacial score (nSPS) is 20.7. The number of carboxylic acids is 1. The van der Waals surface area contributed by atoms with Crippen molar-refractivity contribution >= 4 is 11.9 Å². The summed E-state index contributed by atoms with van der Waals surface area (Å²) in [6.07, 6.45) is 4.88. The first-order chi connectivity index (χ1) is 10.1. The van der Waals surface area contributed by atoms with E-state index in [4.69, 9.17) is 0 Å². The second kappa shape index (κ2) is 7.07. The molecule has 112 valence electrons. The third kappa shape index (κ3) is 4.18. The number of carboxylic acid groups (broad SMARTS) is 1. The van der Waals surface area contributed by atoms with Gasteiger partial charge in [0.05, 0.1) is 0 Å². The number of fused-ring (bicyclic) bond motifs is 1. The minimum Gasteiger partial charge on any atom is -0.480 e. The molecule has 0 radical (unpaired) electrons. The van der Waals surface area contributed by atoms with Crippen molar-refractivity contribution in [1.82, 2.24) is 5.32 Å². The Morgan fingerprint density at radius 1 is 1.14 bits per heavy atom. The summed E-state index contributed by atoms with van der Waals surface area (Å²) in [6, 6.07) is 6.96. The van der Waals surface area contributed by atoms with Crippen molar-refractivity contribution in [3.8, 4) is 0 Å². The average molecular weight is 287 g/mol. The molecular formula is C17H21NO3. The van der Waals surface area contributed by atoms with Crippen molar-refractivity contribution in [3.05, 3.63) is 47.5 Å². The van der Waals surface area contributed by atoms with E-state index >= 15 is 0 Å². The number of nitrogens with one attached hydrogen (secondary N) is 1. The van der Waals surface area contributed by atoms with Crippen molar-refractivity contribution in [3.63, 3.8) is 0 Å². The predicted molar refractivity (Wildman–Crippen MR) is 81.0 cm³/mol. The van der Waals surface area contributed by atoms with Crippen LogP contribution in [0.15, 0.2) is 36.4 Å². The van der Waals surface area contributed by atoms with Gasteiger partial charge in [0.1, 0.15) is 6.04 Å². The Morgan fingerprint density at radius 3 is 2.52 bits per heavy atom. The monoisotopic (exact) mass is 287 g/mol. The number of carbonyl (C=O) groups is 2. The fourth-order valence-corrected chi connectivity index (χ4v) is 2.62. The highest BCUT2D eigenvalue weighted by Gasteiger charge is 2.22. The van der Waals surface area contributed by atoms with Gasteiger partial charge in [0, 0.05) is 12.0 Å². The molecule has 2 rings (SSSR count). The molecule has 1 amide bonds. The summed E-state index contributed by atoms with van der Waals surface area (Å²) in [7, 11) is 0. The van der Waals surface area contributed by atoms with Gasteiger partial charge in [0.25, 0.3) is 0 Å². The van der Waals surface area contributed by atoms with Crippen LogP contribution in [0.3, 0.4) is 0 Å². The molecule has 4 nitrogen and oxygen atoms in total. The SMILES string of the molecule is C=C1CCCCCc2ccccc2CC(C(=O)O)NC1=O. The maximum atomic E-state index is 12.0. The van der Waals surface area contributed by atoms with E-state index in [1.54, 1.807) is 0 Å². The van der Waals surface area contributed by atoms with Crippen LogP contribution in [-0.4, -0.2) is 23.0 Å². The molecule has 0 aliphatic carbocycles. The summed E-state index contributed by atoms with van der Waals surface area (Å²) in [5.74, 6) is -1.36. The standard InChI is InChI=1S/C17H21NO3/c1-12-7-3-2-4-8-13-9-5-6-10-14(13)11-15(17(20)21)18-16(12)19/h5-6,9-10,15H,1-4,7-8,11H2,(H,18,19)(H,20,21). The van der Waals surface area contributed by atoms with E-state index in [2.05, 4.69) is 11.9 Å². The smallest absolute Gasteiger partial charge is 0.326 e. The largest absolute Gasteiger partial charge is 0.480 e. The maximum absolute atomic E-state index is 12.0. The molecule has 0 bridgehead atoms. The van der Waals surface area contributed by atoms with Crippen molar-refractivity contribution in [2.24, 2.45) is 0 Å². The summed E-state index contributed by atoms with van der Waals surface area (Å²) < 4.78 is 0. The molecule has 1 aromatic rings. The summed E-state index contributed by atoms with van der Waals surface area (Å²) in [4.78, 5) is 23.4. The third-order valence-corrected chi connectivity index (χ3v) is 3.89. The Kier molecular flexibility index (Phi) is 5.14. The fourth-order valence-electron chi connectivity index (χ4n) is 2.62. The molecule has 21 heavy (non-hydrogen) atoms. The average Bonchev–Trinajstić information content (AvgIpc) is 2.46. The number of rotatable bonds is 1. The highest BCUT2D eigenvalue weighted by Crippen LogP contribution is 2.17. The molecule has 1 aliphatic heterocycles. The van der Waals surface area contributed by atoms with Gasteiger partial charge in [-0.15, -0.1) is 0 Å². The van der Waals surface area contributed by atoms with Crippen LogP contribution in [0.2, 0.25) is 0 Å². The molecule has 0 spiro atoms. The van der Waals surface area contributed by atoms with Crippen molar-refractivity contribution < 1.29 is 14.7 Å². The number of hydrogen-bond donors (Lipinski definition) is 2. The summed E-state index contributed by atoms with van der Waals surface area (Å²) in [5.41, 5.74) is 2.64. The zero-order valence-corrected chi connectivity index (χ0v) is 12.1. The topological polar surface area (TPSA) is 66.4 Å². The van der Waals surface area contributed by atoms with Crippen LogP contribution in [0.5, 0.6) is 0 Å². The van der Waals surface area contributed by atoms with Gasteiger partial charge >= 0.3 is 5.97 Å². The molecule has 2 N–H and O–H groups in total. The fraction of sp³-hybridized carbons (Fsp3) is 0.412. The van der Waals surface area contributed by atoms with Gasteiger partial charge in [-0.3, -0.25) is 4.79 Å². The molecule has 0 aromatic heterocycles. The van der Waals surface area contributed by atoms with E-state index in [0.29, 0.717) is 18.4 Å². The molecule has 0 saturated heterocycles. The van der Waals surface area contributed by atoms with Crippen LogP contribution in [-0.2, 0) is 22.4 Å². The molecule has 1 atom stereocenters. The summed E-state index contributed by atoms with van der Waals surface area (Å²) in [6.45, 7) is 3.76. The summed E-state index contributed by atoms with van der Waals surface area (Å²) >= 11 is 0. The molecule has 1 aromatic carbocycles. The van der Waals surface area contributed by atoms with Gasteiger partial charge in [-0.2, -0.15) is 0 Å². The van der Waals surface area contributed by atoms with E-state index in [0.717, 1.165) is 31.2 Å². The number of hydrogen-bond acceptors (Lipinski definition) is 2. The minimum absolute atomic E-state index is 0.310. The first-order valence-corrected chi connectivity index (χ1v) is 7.36. The van der Waals surface area contributed by atoms with Gasteiger partial charge in [-0.1, -0.05) is 37.3 Å². The number of benzene rings is 1. The van der Waals surface area contributed by atoms with Crippen LogP contribution < -0.4 is 5.32 Å². The predicted octanol–water partition coefficient (Wildman–Crippen LogP) is 2.47. The molecule has 0 saturated carbocycles. The molecule has 1 heterocycles. The Morgan fingerprint density at radius 2 is 1.81 bits per heavy atom. The van der Waals surface area contributed by atoms with Gasteiger partial charge in [-0.05, 0) is 36.8 Å². The van der Waals surface area contributed by atoms with Gasteiger partial charge in [0.15, 0.2) is 0 Å². The van der Waals surface area contributed by atoms with Crippen LogP contribution >= 0.6 is 0 Å². The van der Waals surface area contributed by atoms with Crippen molar-refractivity contribution in [1.29, 1.82) is 0 Å². The van der Waals surface area contributed by atoms with Crippen LogP contribution in [0.4, 0.5) is 0 Å². The lowest BCUT2D eigenvalue weighted by Gasteiger charge is -2.18. The van der Waals surface area contributed by atoms with Gasteiger partial charge in [0.2, 0.25) is 5.91 Å². The quantitative estimate of drug-likeness (QED) is 0.780. The molecule has 1 aliphatic rings. The van der Waals surface area contributed by atoms with Crippen LogP contribution in [0, 0.1) is 0 Å². The van der Waals surface area contributed by atoms with Gasteiger partial charge in [-0.25, -0.2) is 4.79 Å². The lowest BCUT2D eigenvalue weighted by Crippen LogP contribution is -2.43. The van der Waals surface area contributed by atoms with Crippen molar-refractivity contribution in [2.45, 2.75) is 44.6 Å². The zero-order chi connectivity index (χ0) is 15.2. The van der Waals surface area contributed by atoms with Crippen LogP contribution in [0.25, 0.3) is 0 Å². The molecular weight excluding hydrogens is 266 g/mol. The lowest BCUT2D eigenvalue weighted by atomic mass is 9.95. The maximum Gasteiger partial charge on any atom is 0.326 e. The van der Waals surface area contributed by atoms with E-state index < -0.39 is 12.0 Å². The number of amides is 1. The summed E-state index contributed by atoms with van der Waals surface area (Å²) in [5, 5.41) is 11.9. The molecule has 4 heteroatoms. The van der Waals surface area contributed by atoms with E-state index in [1.807, 2.05) is 24.3 Å². The third-order valence-electron chi connectivity index (χ3n) is 3.89.